The fourth-order valence-corrected chi connectivity index (χ4v) is 2.16. The summed E-state index contributed by atoms with van der Waals surface area (Å²) >= 11 is 0. The number of nitrogens with zero attached hydrogens (tertiary/aromatic N) is 1. The predicted octanol–water partition coefficient (Wildman–Crippen LogP) is -0.844. The van der Waals surface area contributed by atoms with Crippen LogP contribution in [-0.2, 0) is 4.79 Å². The Labute approximate surface area is 78.5 Å². The number of nitrogens with two attached hydrogens (primary N) is 1. The molecule has 0 saturated carbocycles. The summed E-state index contributed by atoms with van der Waals surface area (Å²) in [7, 11) is 0. The van der Waals surface area contributed by atoms with Gasteiger partial charge < -0.3 is 11.1 Å². The van der Waals surface area contributed by atoms with E-state index in [-0.39, 0.29) is 11.8 Å². The summed E-state index contributed by atoms with van der Waals surface area (Å²) in [5.41, 5.74) is 5.21. The Kier molecular flexibility index (Phi) is 2.51. The van der Waals surface area contributed by atoms with Crippen molar-refractivity contribution in [1.82, 2.24) is 10.2 Å². The molecule has 0 aromatic rings. The van der Waals surface area contributed by atoms with Crippen molar-refractivity contribution in [3.63, 3.8) is 0 Å². The molecule has 4 nitrogen and oxygen atoms in total. The van der Waals surface area contributed by atoms with Gasteiger partial charge in [0.05, 0.1) is 5.92 Å². The Bertz CT molecular complexity index is 195. The van der Waals surface area contributed by atoms with E-state index < -0.39 is 0 Å². The van der Waals surface area contributed by atoms with E-state index in [2.05, 4.69) is 10.2 Å². The van der Waals surface area contributed by atoms with Gasteiger partial charge in [-0.1, -0.05) is 0 Å². The van der Waals surface area contributed by atoms with Crippen molar-refractivity contribution in [2.24, 2.45) is 11.7 Å². The van der Waals surface area contributed by atoms with Crippen LogP contribution in [0.3, 0.4) is 0 Å². The number of rotatable bonds is 2. The number of nitrogens with one attached hydrogen (secondary N) is 1. The van der Waals surface area contributed by atoms with Crippen LogP contribution in [0.25, 0.3) is 0 Å². The summed E-state index contributed by atoms with van der Waals surface area (Å²) in [6.45, 7) is 4.00. The maximum absolute atomic E-state index is 10.8. The van der Waals surface area contributed by atoms with Crippen LogP contribution in [0.5, 0.6) is 0 Å². The highest BCUT2D eigenvalue weighted by atomic mass is 16.1. The molecule has 1 amide bonds. The maximum Gasteiger partial charge on any atom is 0.223 e. The molecule has 0 atom stereocenters. The molecular formula is C9H17N3O. The number of primary amides is 1. The Morgan fingerprint density at radius 3 is 2.46 bits per heavy atom. The first-order chi connectivity index (χ1) is 6.27. The number of hydrogen-bond donors (Lipinski definition) is 2. The van der Waals surface area contributed by atoms with Gasteiger partial charge in [0.1, 0.15) is 0 Å². The van der Waals surface area contributed by atoms with E-state index in [0.717, 1.165) is 26.2 Å². The molecule has 2 fully saturated rings. The maximum atomic E-state index is 10.8. The van der Waals surface area contributed by atoms with Crippen LogP contribution < -0.4 is 11.1 Å². The Hall–Kier alpha value is -0.610. The summed E-state index contributed by atoms with van der Waals surface area (Å²) < 4.78 is 0. The number of amides is 1. The Morgan fingerprint density at radius 2 is 1.92 bits per heavy atom. The number of carbonyl (C=O) groups excluding carboxylic acids is 1. The molecule has 0 spiro atoms. The molecular weight excluding hydrogens is 166 g/mol. The number of piperidine rings is 1. The predicted molar refractivity (Wildman–Crippen MR) is 50.1 cm³/mol. The Morgan fingerprint density at radius 1 is 1.31 bits per heavy atom. The van der Waals surface area contributed by atoms with E-state index >= 15 is 0 Å². The monoisotopic (exact) mass is 183 g/mol. The zero-order valence-electron chi connectivity index (χ0n) is 7.83. The lowest BCUT2D eigenvalue weighted by Crippen LogP contribution is -2.58. The van der Waals surface area contributed by atoms with Crippen LogP contribution in [0, 0.1) is 5.92 Å². The van der Waals surface area contributed by atoms with Crippen LogP contribution in [0.2, 0.25) is 0 Å². The first-order valence-electron chi connectivity index (χ1n) is 5.01. The SMILES string of the molecule is NC(=O)C1CN(C2CCNCC2)C1. The summed E-state index contributed by atoms with van der Waals surface area (Å²) in [5, 5.41) is 3.33. The van der Waals surface area contributed by atoms with Crippen molar-refractivity contribution in [2.75, 3.05) is 26.2 Å². The molecule has 74 valence electrons. The van der Waals surface area contributed by atoms with Crippen LogP contribution in [0.4, 0.5) is 0 Å². The molecule has 0 aromatic heterocycles. The summed E-state index contributed by atoms with van der Waals surface area (Å²) in [5.74, 6) is -0.0138. The van der Waals surface area contributed by atoms with E-state index in [1.54, 1.807) is 0 Å². The third kappa shape index (κ3) is 1.84. The quantitative estimate of drug-likeness (QED) is 0.586. The molecule has 2 saturated heterocycles. The molecule has 0 unspecified atom stereocenters. The van der Waals surface area contributed by atoms with Crippen molar-refractivity contribution < 1.29 is 4.79 Å². The van der Waals surface area contributed by atoms with E-state index in [1.807, 2.05) is 0 Å². The van der Waals surface area contributed by atoms with Crippen molar-refractivity contribution in [2.45, 2.75) is 18.9 Å². The van der Waals surface area contributed by atoms with Gasteiger partial charge in [0.25, 0.3) is 0 Å². The van der Waals surface area contributed by atoms with Crippen molar-refractivity contribution in [3.05, 3.63) is 0 Å². The lowest BCUT2D eigenvalue weighted by molar-refractivity contribution is -0.128. The zero-order chi connectivity index (χ0) is 9.26. The lowest BCUT2D eigenvalue weighted by atomic mass is 9.93. The van der Waals surface area contributed by atoms with Gasteiger partial charge >= 0.3 is 0 Å². The summed E-state index contributed by atoms with van der Waals surface area (Å²) in [4.78, 5) is 13.2. The first-order valence-corrected chi connectivity index (χ1v) is 5.01. The molecule has 13 heavy (non-hydrogen) atoms. The normalized spacial score (nSPS) is 27.1. The van der Waals surface area contributed by atoms with Crippen molar-refractivity contribution in [3.8, 4) is 0 Å². The highest BCUT2D eigenvalue weighted by molar-refractivity contribution is 5.78. The third-order valence-corrected chi connectivity index (χ3v) is 3.14. The van der Waals surface area contributed by atoms with Crippen LogP contribution in [0.1, 0.15) is 12.8 Å². The van der Waals surface area contributed by atoms with E-state index in [4.69, 9.17) is 5.73 Å². The van der Waals surface area contributed by atoms with Gasteiger partial charge in [0, 0.05) is 19.1 Å². The summed E-state index contributed by atoms with van der Waals surface area (Å²) in [6, 6.07) is 0.692. The largest absolute Gasteiger partial charge is 0.369 e. The fourth-order valence-electron chi connectivity index (χ4n) is 2.16. The zero-order valence-corrected chi connectivity index (χ0v) is 7.83. The summed E-state index contributed by atoms with van der Waals surface area (Å²) in [6.07, 6.45) is 2.43. The Balaban J connectivity index is 1.75. The second-order valence-electron chi connectivity index (χ2n) is 4.03. The second-order valence-corrected chi connectivity index (χ2v) is 4.03. The third-order valence-electron chi connectivity index (χ3n) is 3.14. The molecule has 2 heterocycles. The molecule has 0 radical (unpaired) electrons. The highest BCUT2D eigenvalue weighted by Gasteiger charge is 2.35. The van der Waals surface area contributed by atoms with Gasteiger partial charge in [-0.3, -0.25) is 9.69 Å². The molecule has 0 aliphatic carbocycles. The van der Waals surface area contributed by atoms with Crippen LogP contribution in [0.15, 0.2) is 0 Å². The van der Waals surface area contributed by atoms with Crippen molar-refractivity contribution in [1.29, 1.82) is 0 Å². The average molecular weight is 183 g/mol. The van der Waals surface area contributed by atoms with E-state index in [1.165, 1.54) is 12.8 Å². The van der Waals surface area contributed by atoms with Crippen LogP contribution in [-0.4, -0.2) is 43.0 Å². The molecule has 3 N–H and O–H groups in total. The van der Waals surface area contributed by atoms with Crippen molar-refractivity contribution >= 4 is 5.91 Å². The minimum Gasteiger partial charge on any atom is -0.369 e. The van der Waals surface area contributed by atoms with E-state index in [9.17, 15) is 4.79 Å². The van der Waals surface area contributed by atoms with Gasteiger partial charge in [0.15, 0.2) is 0 Å². The topological polar surface area (TPSA) is 58.4 Å². The highest BCUT2D eigenvalue weighted by Crippen LogP contribution is 2.22. The average Bonchev–Trinajstić information content (AvgIpc) is 2.02. The first kappa shape index (κ1) is 8.97. The molecule has 2 aliphatic rings. The number of hydrogen-bond acceptors (Lipinski definition) is 3. The second kappa shape index (κ2) is 3.64. The van der Waals surface area contributed by atoms with Crippen LogP contribution >= 0.6 is 0 Å². The van der Waals surface area contributed by atoms with Gasteiger partial charge in [0.2, 0.25) is 5.91 Å². The molecule has 2 rings (SSSR count). The number of carbonyl (C=O) groups is 1. The van der Waals surface area contributed by atoms with Gasteiger partial charge in [-0.05, 0) is 25.9 Å². The minimum atomic E-state index is -0.134. The van der Waals surface area contributed by atoms with Gasteiger partial charge in [-0.25, -0.2) is 0 Å². The van der Waals surface area contributed by atoms with Gasteiger partial charge in [-0.2, -0.15) is 0 Å². The molecule has 4 heteroatoms. The molecule has 0 aromatic carbocycles. The van der Waals surface area contributed by atoms with Gasteiger partial charge in [-0.15, -0.1) is 0 Å². The molecule has 0 bridgehead atoms. The molecule has 2 aliphatic heterocycles. The number of likely N-dealkylation sites (tertiary alicyclic amines) is 1. The minimum absolute atomic E-state index is 0.120. The smallest absolute Gasteiger partial charge is 0.223 e. The fraction of sp³-hybridized carbons (Fsp3) is 0.889. The lowest BCUT2D eigenvalue weighted by Gasteiger charge is -2.44. The standard InChI is InChI=1S/C9H17N3O/c10-9(13)7-5-12(6-7)8-1-3-11-4-2-8/h7-8,11H,1-6H2,(H2,10,13). The van der Waals surface area contributed by atoms with E-state index in [0.29, 0.717) is 6.04 Å².